The number of rotatable bonds is 2. The number of esters is 1. The highest BCUT2D eigenvalue weighted by atomic mass is 19.4. The molecule has 0 spiro atoms. The van der Waals surface area contributed by atoms with E-state index < -0.39 is 17.8 Å². The molecule has 19 heavy (non-hydrogen) atoms. The number of hydrogen-bond acceptors (Lipinski definition) is 3. The maximum absolute atomic E-state index is 12.6. The van der Waals surface area contributed by atoms with E-state index in [1.807, 2.05) is 0 Å². The van der Waals surface area contributed by atoms with Crippen LogP contribution < -0.4 is 0 Å². The molecule has 0 saturated carbocycles. The highest BCUT2D eigenvalue weighted by Crippen LogP contribution is 2.29. The first kappa shape index (κ1) is 13.4. The number of halogens is 3. The van der Waals surface area contributed by atoms with E-state index >= 15 is 0 Å². The second kappa shape index (κ2) is 4.56. The zero-order chi connectivity index (χ0) is 14.2. The summed E-state index contributed by atoms with van der Waals surface area (Å²) in [6, 6.07) is 2.74. The van der Waals surface area contributed by atoms with Crippen LogP contribution in [0.4, 0.5) is 13.2 Å². The van der Waals surface area contributed by atoms with Gasteiger partial charge in [-0.15, -0.1) is 0 Å². The van der Waals surface area contributed by atoms with Crippen molar-refractivity contribution in [3.05, 3.63) is 35.3 Å². The summed E-state index contributed by atoms with van der Waals surface area (Å²) in [5.41, 5.74) is -0.262. The van der Waals surface area contributed by atoms with E-state index in [1.54, 1.807) is 13.8 Å². The molecule has 0 bridgehead atoms. The van der Waals surface area contributed by atoms with Crippen LogP contribution in [0.1, 0.15) is 28.7 Å². The lowest BCUT2D eigenvalue weighted by molar-refractivity contribution is -0.140. The average molecular weight is 272 g/mol. The van der Waals surface area contributed by atoms with Crippen LogP contribution in [0, 0.1) is 6.92 Å². The smallest absolute Gasteiger partial charge is 0.434 e. The molecule has 0 fully saturated rings. The van der Waals surface area contributed by atoms with Crippen molar-refractivity contribution < 1.29 is 22.7 Å². The van der Waals surface area contributed by atoms with Crippen LogP contribution >= 0.6 is 0 Å². The summed E-state index contributed by atoms with van der Waals surface area (Å²) in [6.45, 7) is 3.45. The molecule has 0 aliphatic carbocycles. The maximum Gasteiger partial charge on any atom is 0.434 e. The summed E-state index contributed by atoms with van der Waals surface area (Å²) in [5.74, 6) is -0.579. The summed E-state index contributed by atoms with van der Waals surface area (Å²) < 4.78 is 43.8. The molecule has 0 amide bonds. The molecule has 0 aromatic carbocycles. The van der Waals surface area contributed by atoms with E-state index in [0.29, 0.717) is 5.69 Å². The molecule has 2 heterocycles. The Morgan fingerprint density at radius 1 is 1.42 bits per heavy atom. The standard InChI is InChI=1S/C12H11F3N2O2/c1-3-19-11(18)8-4-7(2)17-6-9(12(13,14)15)16-10(17)5-8/h4-6H,3H2,1-2H3. The Kier molecular flexibility index (Phi) is 3.21. The number of aryl methyl sites for hydroxylation is 1. The lowest BCUT2D eigenvalue weighted by Crippen LogP contribution is -2.06. The molecule has 2 rings (SSSR count). The molecule has 2 aromatic heterocycles. The van der Waals surface area contributed by atoms with Crippen molar-refractivity contribution in [3.8, 4) is 0 Å². The first-order chi connectivity index (χ1) is 8.82. The van der Waals surface area contributed by atoms with Crippen LogP contribution in [-0.2, 0) is 10.9 Å². The fourth-order valence-corrected chi connectivity index (χ4v) is 1.72. The predicted molar refractivity (Wildman–Crippen MR) is 60.9 cm³/mol. The molecule has 102 valence electrons. The largest absolute Gasteiger partial charge is 0.462 e. The molecular formula is C12H11F3N2O2. The highest BCUT2D eigenvalue weighted by Gasteiger charge is 2.34. The fourth-order valence-electron chi connectivity index (χ4n) is 1.72. The molecule has 0 radical (unpaired) electrons. The van der Waals surface area contributed by atoms with Crippen LogP contribution in [0.2, 0.25) is 0 Å². The van der Waals surface area contributed by atoms with E-state index in [0.717, 1.165) is 6.20 Å². The first-order valence-electron chi connectivity index (χ1n) is 5.57. The van der Waals surface area contributed by atoms with Gasteiger partial charge in [0.15, 0.2) is 5.69 Å². The van der Waals surface area contributed by atoms with Crippen molar-refractivity contribution in [3.63, 3.8) is 0 Å². The molecule has 0 N–H and O–H groups in total. The molecule has 2 aromatic rings. The minimum atomic E-state index is -4.51. The summed E-state index contributed by atoms with van der Waals surface area (Å²) in [6.07, 6.45) is -3.61. The van der Waals surface area contributed by atoms with E-state index in [4.69, 9.17) is 4.74 Å². The van der Waals surface area contributed by atoms with E-state index in [-0.39, 0.29) is 17.8 Å². The van der Waals surface area contributed by atoms with Crippen molar-refractivity contribution in [2.45, 2.75) is 20.0 Å². The van der Waals surface area contributed by atoms with Crippen LogP contribution in [0.3, 0.4) is 0 Å². The quantitative estimate of drug-likeness (QED) is 0.789. The van der Waals surface area contributed by atoms with E-state index in [1.165, 1.54) is 16.5 Å². The van der Waals surface area contributed by atoms with Gasteiger partial charge in [0, 0.05) is 11.9 Å². The van der Waals surface area contributed by atoms with Gasteiger partial charge in [-0.25, -0.2) is 9.78 Å². The number of pyridine rings is 1. The molecule has 0 unspecified atom stereocenters. The number of imidazole rings is 1. The summed E-state index contributed by atoms with van der Waals surface area (Å²) in [7, 11) is 0. The number of nitrogens with zero attached hydrogens (tertiary/aromatic N) is 2. The van der Waals surface area contributed by atoms with Gasteiger partial charge in [0.1, 0.15) is 5.65 Å². The Bertz CT molecular complexity index is 632. The van der Waals surface area contributed by atoms with Gasteiger partial charge in [0.25, 0.3) is 0 Å². The Labute approximate surface area is 106 Å². The number of carbonyl (C=O) groups excluding carboxylic acids is 1. The van der Waals surface area contributed by atoms with Gasteiger partial charge in [-0.3, -0.25) is 0 Å². The average Bonchev–Trinajstić information content (AvgIpc) is 2.73. The number of carbonyl (C=O) groups is 1. The zero-order valence-electron chi connectivity index (χ0n) is 10.3. The Morgan fingerprint density at radius 2 is 2.11 bits per heavy atom. The number of aromatic nitrogens is 2. The van der Waals surface area contributed by atoms with Gasteiger partial charge in [-0.2, -0.15) is 13.2 Å². The topological polar surface area (TPSA) is 43.6 Å². The van der Waals surface area contributed by atoms with Crippen molar-refractivity contribution in [2.24, 2.45) is 0 Å². The number of hydrogen-bond donors (Lipinski definition) is 0. The lowest BCUT2D eigenvalue weighted by atomic mass is 10.2. The van der Waals surface area contributed by atoms with Gasteiger partial charge in [-0.1, -0.05) is 0 Å². The molecule has 0 atom stereocenters. The third-order valence-electron chi connectivity index (χ3n) is 2.56. The van der Waals surface area contributed by atoms with E-state index in [2.05, 4.69) is 4.98 Å². The van der Waals surface area contributed by atoms with Gasteiger partial charge in [0.2, 0.25) is 0 Å². The molecule has 7 heteroatoms. The second-order valence-corrected chi connectivity index (χ2v) is 3.96. The predicted octanol–water partition coefficient (Wildman–Crippen LogP) is 2.84. The molecule has 0 aliphatic heterocycles. The molecule has 4 nitrogen and oxygen atoms in total. The third kappa shape index (κ3) is 2.54. The van der Waals surface area contributed by atoms with Crippen molar-refractivity contribution in [2.75, 3.05) is 6.61 Å². The van der Waals surface area contributed by atoms with Crippen molar-refractivity contribution >= 4 is 11.6 Å². The fraction of sp³-hybridized carbons (Fsp3) is 0.333. The SMILES string of the molecule is CCOC(=O)c1cc(C)n2cc(C(F)(F)F)nc2c1. The molecule has 0 saturated heterocycles. The summed E-state index contributed by atoms with van der Waals surface area (Å²) in [5, 5.41) is 0. The Morgan fingerprint density at radius 3 is 2.68 bits per heavy atom. The van der Waals surface area contributed by atoms with Crippen molar-refractivity contribution in [1.29, 1.82) is 0 Å². The minimum absolute atomic E-state index is 0.0652. The minimum Gasteiger partial charge on any atom is -0.462 e. The molecular weight excluding hydrogens is 261 g/mol. The third-order valence-corrected chi connectivity index (χ3v) is 2.56. The lowest BCUT2D eigenvalue weighted by Gasteiger charge is -2.04. The first-order valence-corrected chi connectivity index (χ1v) is 5.57. The zero-order valence-corrected chi connectivity index (χ0v) is 10.3. The second-order valence-electron chi connectivity index (χ2n) is 3.96. The van der Waals surface area contributed by atoms with Crippen molar-refractivity contribution in [1.82, 2.24) is 9.38 Å². The van der Waals surface area contributed by atoms with Crippen LogP contribution in [0.15, 0.2) is 18.3 Å². The monoisotopic (exact) mass is 272 g/mol. The van der Waals surface area contributed by atoms with Crippen LogP contribution in [0.5, 0.6) is 0 Å². The Hall–Kier alpha value is -2.05. The van der Waals surface area contributed by atoms with E-state index in [9.17, 15) is 18.0 Å². The van der Waals surface area contributed by atoms with Crippen LogP contribution in [-0.4, -0.2) is 22.0 Å². The normalized spacial score (nSPS) is 11.8. The Balaban J connectivity index is 2.54. The van der Waals surface area contributed by atoms with Crippen LogP contribution in [0.25, 0.3) is 5.65 Å². The number of fused-ring (bicyclic) bond motifs is 1. The van der Waals surface area contributed by atoms with Gasteiger partial charge < -0.3 is 9.14 Å². The summed E-state index contributed by atoms with van der Waals surface area (Å²) >= 11 is 0. The van der Waals surface area contributed by atoms with Gasteiger partial charge in [-0.05, 0) is 26.0 Å². The number of ether oxygens (including phenoxy) is 1. The maximum atomic E-state index is 12.6. The summed E-state index contributed by atoms with van der Waals surface area (Å²) in [4.78, 5) is 15.0. The molecule has 0 aliphatic rings. The van der Waals surface area contributed by atoms with Gasteiger partial charge in [0.05, 0.1) is 12.2 Å². The highest BCUT2D eigenvalue weighted by molar-refractivity contribution is 5.90. The number of alkyl halides is 3. The van der Waals surface area contributed by atoms with Gasteiger partial charge >= 0.3 is 12.1 Å².